The van der Waals surface area contributed by atoms with Crippen LogP contribution < -0.4 is 10.6 Å². The number of ether oxygens (including phenoxy) is 1. The number of nitrogens with one attached hydrogen (secondary N) is 2. The number of amides is 2. The van der Waals surface area contributed by atoms with Crippen LogP contribution in [0, 0.1) is 5.41 Å². The minimum Gasteiger partial charge on any atom is -0.480 e. The maximum absolute atomic E-state index is 13.8. The summed E-state index contributed by atoms with van der Waals surface area (Å²) in [7, 11) is 0. The predicted molar refractivity (Wildman–Crippen MR) is 156 cm³/mol. The number of carbonyl (C=O) groups is 3. The monoisotopic (exact) mass is 555 g/mol. The molecule has 0 aromatic heterocycles. The van der Waals surface area contributed by atoms with Crippen LogP contribution in [-0.4, -0.2) is 59.3 Å². The number of nitrogens with zero attached hydrogens (tertiary/aromatic N) is 1. The molecule has 1 aliphatic carbocycles. The summed E-state index contributed by atoms with van der Waals surface area (Å²) in [6.07, 6.45) is -0.377. The van der Waals surface area contributed by atoms with Crippen molar-refractivity contribution in [1.82, 2.24) is 15.5 Å². The second kappa shape index (κ2) is 11.4. The number of carboxylic acids is 1. The number of alkyl carbamates (subject to hydrolysis) is 1. The van der Waals surface area contributed by atoms with E-state index in [4.69, 9.17) is 4.74 Å². The Morgan fingerprint density at radius 3 is 2.12 bits per heavy atom. The predicted octanol–water partition coefficient (Wildman–Crippen LogP) is 4.79. The second-order valence-electron chi connectivity index (χ2n) is 12.1. The highest BCUT2D eigenvalue weighted by atomic mass is 16.5. The van der Waals surface area contributed by atoms with Gasteiger partial charge in [0.2, 0.25) is 5.91 Å². The molecule has 3 aromatic carbocycles. The highest BCUT2D eigenvalue weighted by molar-refractivity contribution is 5.93. The first kappa shape index (κ1) is 28.4. The van der Waals surface area contributed by atoms with Crippen molar-refractivity contribution in [2.45, 2.75) is 51.2 Å². The average molecular weight is 556 g/mol. The quantitative estimate of drug-likeness (QED) is 0.369. The Morgan fingerprint density at radius 2 is 1.54 bits per heavy atom. The molecule has 1 fully saturated rings. The molecule has 1 saturated heterocycles. The number of hydrogen-bond donors (Lipinski definition) is 3. The highest BCUT2D eigenvalue weighted by Gasteiger charge is 2.48. The lowest BCUT2D eigenvalue weighted by molar-refractivity contribution is -0.146. The second-order valence-corrected chi connectivity index (χ2v) is 12.1. The van der Waals surface area contributed by atoms with Gasteiger partial charge in [0.25, 0.3) is 0 Å². The number of benzene rings is 3. The van der Waals surface area contributed by atoms with Crippen LogP contribution in [0.15, 0.2) is 78.9 Å². The standard InChI is InChI=1S/C33H37N3O5/c1-32(2,3)28(29(37)38)34-30(39)33(17-18-36(21-33)19-22-11-5-4-6-12-22)35-31(40)41-20-27-25-15-9-7-13-23(25)24-14-8-10-16-26(24)27/h4-16,27-28H,17-21H2,1-3H3,(H,34,39)(H,35,40)(H,37,38)/t28-,33?/m1/s1. The number of carboxylic acid groups (broad SMARTS) is 1. The van der Waals surface area contributed by atoms with Crippen molar-refractivity contribution in [3.05, 3.63) is 95.6 Å². The lowest BCUT2D eigenvalue weighted by Gasteiger charge is -2.34. The largest absolute Gasteiger partial charge is 0.480 e. The molecule has 0 bridgehead atoms. The van der Waals surface area contributed by atoms with Gasteiger partial charge in [-0.15, -0.1) is 0 Å². The number of carbonyl (C=O) groups excluding carboxylic acids is 2. The van der Waals surface area contributed by atoms with Crippen LogP contribution in [0.1, 0.15) is 49.8 Å². The highest BCUT2D eigenvalue weighted by Crippen LogP contribution is 2.44. The molecule has 3 N–H and O–H groups in total. The summed E-state index contributed by atoms with van der Waals surface area (Å²) in [5.74, 6) is -1.77. The van der Waals surface area contributed by atoms with Crippen molar-refractivity contribution in [3.63, 3.8) is 0 Å². The van der Waals surface area contributed by atoms with Crippen molar-refractivity contribution < 1.29 is 24.2 Å². The SMILES string of the molecule is CC(C)(C)[C@H](NC(=O)C1(NC(=O)OCC2c3ccccc3-c3ccccc32)CCN(Cc2ccccc2)C1)C(=O)O. The van der Waals surface area contributed by atoms with Gasteiger partial charge in [0.15, 0.2) is 0 Å². The summed E-state index contributed by atoms with van der Waals surface area (Å²) in [4.78, 5) is 41.2. The molecular weight excluding hydrogens is 518 g/mol. The summed E-state index contributed by atoms with van der Waals surface area (Å²) in [5, 5.41) is 15.4. The Bertz CT molecular complexity index is 1390. The lowest BCUT2D eigenvalue weighted by atomic mass is 9.85. The Kier molecular flexibility index (Phi) is 7.87. The number of aliphatic carboxylic acids is 1. The van der Waals surface area contributed by atoms with E-state index in [9.17, 15) is 19.5 Å². The van der Waals surface area contributed by atoms with Crippen LogP contribution in [0.4, 0.5) is 4.79 Å². The fraction of sp³-hybridized carbons (Fsp3) is 0.364. The molecule has 3 aromatic rings. The van der Waals surface area contributed by atoms with Crippen molar-refractivity contribution >= 4 is 18.0 Å². The third kappa shape index (κ3) is 5.98. The Hall–Kier alpha value is -4.17. The molecule has 2 atom stereocenters. The molecule has 0 spiro atoms. The van der Waals surface area contributed by atoms with E-state index in [-0.39, 0.29) is 19.1 Å². The maximum atomic E-state index is 13.8. The van der Waals surface area contributed by atoms with E-state index in [1.807, 2.05) is 66.7 Å². The summed E-state index contributed by atoms with van der Waals surface area (Å²) >= 11 is 0. The number of fused-ring (bicyclic) bond motifs is 3. The molecular formula is C33H37N3O5. The molecule has 5 rings (SSSR count). The fourth-order valence-electron chi connectivity index (χ4n) is 5.96. The van der Waals surface area contributed by atoms with Gasteiger partial charge >= 0.3 is 12.1 Å². The molecule has 8 nitrogen and oxygen atoms in total. The van der Waals surface area contributed by atoms with E-state index in [2.05, 4.69) is 27.7 Å². The van der Waals surface area contributed by atoms with Gasteiger partial charge in [-0.25, -0.2) is 9.59 Å². The van der Waals surface area contributed by atoms with Gasteiger partial charge in [-0.1, -0.05) is 99.6 Å². The molecule has 8 heteroatoms. The van der Waals surface area contributed by atoms with E-state index in [0.29, 0.717) is 19.5 Å². The zero-order valence-corrected chi connectivity index (χ0v) is 23.7. The van der Waals surface area contributed by atoms with Gasteiger partial charge in [-0.2, -0.15) is 0 Å². The first-order chi connectivity index (χ1) is 19.6. The van der Waals surface area contributed by atoms with E-state index in [1.54, 1.807) is 20.8 Å². The summed E-state index contributed by atoms with van der Waals surface area (Å²) in [6, 6.07) is 25.0. The van der Waals surface area contributed by atoms with Crippen molar-refractivity contribution in [2.75, 3.05) is 19.7 Å². The van der Waals surface area contributed by atoms with Gasteiger partial charge in [0.05, 0.1) is 0 Å². The minimum absolute atomic E-state index is 0.116. The fourth-order valence-corrected chi connectivity index (χ4v) is 5.96. The lowest BCUT2D eigenvalue weighted by Crippen LogP contribution is -2.64. The third-order valence-corrected chi connectivity index (χ3v) is 8.11. The minimum atomic E-state index is -1.34. The molecule has 214 valence electrons. The first-order valence-corrected chi connectivity index (χ1v) is 14.0. The first-order valence-electron chi connectivity index (χ1n) is 14.0. The van der Waals surface area contributed by atoms with Gasteiger partial charge in [0.1, 0.15) is 18.2 Å². The van der Waals surface area contributed by atoms with Crippen molar-refractivity contribution in [2.24, 2.45) is 5.41 Å². The van der Waals surface area contributed by atoms with Gasteiger partial charge in [0, 0.05) is 25.6 Å². The van der Waals surface area contributed by atoms with E-state index in [1.165, 1.54) is 0 Å². The van der Waals surface area contributed by atoms with E-state index < -0.39 is 35.0 Å². The van der Waals surface area contributed by atoms with Crippen molar-refractivity contribution in [3.8, 4) is 11.1 Å². The Morgan fingerprint density at radius 1 is 0.951 bits per heavy atom. The Labute approximate surface area is 240 Å². The zero-order chi connectivity index (χ0) is 29.2. The number of rotatable bonds is 8. The van der Waals surface area contributed by atoms with Gasteiger partial charge in [-0.05, 0) is 39.7 Å². The molecule has 2 amide bonds. The molecule has 0 saturated carbocycles. The topological polar surface area (TPSA) is 108 Å². The normalized spacial score (nSPS) is 19.2. The van der Waals surface area contributed by atoms with Crippen molar-refractivity contribution in [1.29, 1.82) is 0 Å². The summed E-state index contributed by atoms with van der Waals surface area (Å²) < 4.78 is 5.79. The smallest absolute Gasteiger partial charge is 0.408 e. The summed E-state index contributed by atoms with van der Waals surface area (Å²) in [6.45, 7) is 6.78. The van der Waals surface area contributed by atoms with Crippen LogP contribution >= 0.6 is 0 Å². The van der Waals surface area contributed by atoms with Crippen LogP contribution in [0.5, 0.6) is 0 Å². The molecule has 2 aliphatic rings. The van der Waals surface area contributed by atoms with E-state index >= 15 is 0 Å². The van der Waals surface area contributed by atoms with Gasteiger partial charge in [-0.3, -0.25) is 9.69 Å². The number of likely N-dealkylation sites (tertiary alicyclic amines) is 1. The Balaban J connectivity index is 1.34. The average Bonchev–Trinajstić information content (AvgIpc) is 3.49. The van der Waals surface area contributed by atoms with Crippen LogP contribution in [0.3, 0.4) is 0 Å². The maximum Gasteiger partial charge on any atom is 0.408 e. The molecule has 1 aliphatic heterocycles. The van der Waals surface area contributed by atoms with Crippen LogP contribution in [0.25, 0.3) is 11.1 Å². The van der Waals surface area contributed by atoms with E-state index in [0.717, 1.165) is 27.8 Å². The molecule has 1 heterocycles. The molecule has 41 heavy (non-hydrogen) atoms. The van der Waals surface area contributed by atoms with Crippen LogP contribution in [-0.2, 0) is 20.9 Å². The summed E-state index contributed by atoms with van der Waals surface area (Å²) in [5.41, 5.74) is 3.47. The molecule has 1 unspecified atom stereocenters. The third-order valence-electron chi connectivity index (χ3n) is 8.11. The molecule has 0 radical (unpaired) electrons. The van der Waals surface area contributed by atoms with Gasteiger partial charge < -0.3 is 20.5 Å². The zero-order valence-electron chi connectivity index (χ0n) is 23.7. The van der Waals surface area contributed by atoms with Crippen LogP contribution in [0.2, 0.25) is 0 Å². The number of hydrogen-bond acceptors (Lipinski definition) is 5.